The summed E-state index contributed by atoms with van der Waals surface area (Å²) >= 11 is -1.69. The predicted molar refractivity (Wildman–Crippen MR) is 167 cm³/mol. The number of carbonyl (C=O) groups is 4. The van der Waals surface area contributed by atoms with Crippen LogP contribution in [0.3, 0.4) is 0 Å². The van der Waals surface area contributed by atoms with Crippen molar-refractivity contribution < 1.29 is 33.2 Å². The molecule has 10 nitrogen and oxygen atoms in total. The molecule has 1 N–H and O–H groups in total. The molecule has 11 heteroatoms. The molecule has 0 bridgehead atoms. The van der Waals surface area contributed by atoms with Crippen LogP contribution in [0.5, 0.6) is 0 Å². The number of β-lactam (4-membered cyclic amide) rings is 1. The van der Waals surface area contributed by atoms with E-state index in [1.807, 2.05) is 65.6 Å². The van der Waals surface area contributed by atoms with E-state index in [0.717, 1.165) is 35.3 Å². The molecule has 3 aliphatic heterocycles. The molecule has 0 spiro atoms. The number of nitrogens with zero attached hydrogens (tertiary/aromatic N) is 2. The summed E-state index contributed by atoms with van der Waals surface area (Å²) in [7, 11) is 0. The Balaban J connectivity index is 1.37. The van der Waals surface area contributed by atoms with E-state index in [1.54, 1.807) is 26.8 Å². The molecule has 3 atom stereocenters. The van der Waals surface area contributed by atoms with E-state index in [-0.39, 0.29) is 23.4 Å². The molecular formula is C34H37N3O7S. The Morgan fingerprint density at radius 2 is 1.64 bits per heavy atom. The summed E-state index contributed by atoms with van der Waals surface area (Å²) in [6, 6.07) is 17.6. The zero-order valence-corrected chi connectivity index (χ0v) is 26.4. The van der Waals surface area contributed by atoms with Crippen LogP contribution < -0.4 is 5.32 Å². The average Bonchev–Trinajstić information content (AvgIpc) is 3.85. The van der Waals surface area contributed by atoms with Gasteiger partial charge in [-0.15, -0.1) is 0 Å². The Bertz CT molecular complexity index is 1510. The van der Waals surface area contributed by atoms with Crippen LogP contribution in [0, 0.1) is 0 Å². The molecule has 1 unspecified atom stereocenters. The fourth-order valence-electron chi connectivity index (χ4n) is 6.00. The van der Waals surface area contributed by atoms with E-state index in [4.69, 9.17) is 9.47 Å². The minimum Gasteiger partial charge on any atom is -0.614 e. The third kappa shape index (κ3) is 6.50. The molecular weight excluding hydrogens is 594 g/mol. The van der Waals surface area contributed by atoms with E-state index in [1.165, 1.54) is 0 Å². The number of alkyl carbamates (subject to hydrolysis) is 1. The van der Waals surface area contributed by atoms with Crippen LogP contribution in [0.4, 0.5) is 4.79 Å². The van der Waals surface area contributed by atoms with Gasteiger partial charge in [-0.3, -0.25) is 14.5 Å². The number of rotatable bonds is 7. The highest BCUT2D eigenvalue weighted by molar-refractivity contribution is 7.92. The van der Waals surface area contributed by atoms with E-state index >= 15 is 0 Å². The highest BCUT2D eigenvalue weighted by Crippen LogP contribution is 2.40. The van der Waals surface area contributed by atoms with Crippen LogP contribution in [0.1, 0.15) is 63.7 Å². The molecule has 0 aromatic heterocycles. The maximum atomic E-state index is 14.2. The number of nitrogens with one attached hydrogen (secondary N) is 1. The fraction of sp³-hybridized carbons (Fsp3) is 0.412. The minimum atomic E-state index is -1.69. The van der Waals surface area contributed by atoms with Gasteiger partial charge in [-0.05, 0) is 74.8 Å². The molecule has 3 heterocycles. The second kappa shape index (κ2) is 12.4. The number of carbonyl (C=O) groups excluding carboxylic acids is 4. The number of likely N-dealkylation sites (tertiary alicyclic amines) is 1. The average molecular weight is 632 g/mol. The van der Waals surface area contributed by atoms with Crippen molar-refractivity contribution in [1.82, 2.24) is 15.1 Å². The van der Waals surface area contributed by atoms with E-state index in [0.29, 0.717) is 24.1 Å². The molecule has 0 radical (unpaired) electrons. The number of amides is 3. The van der Waals surface area contributed by atoms with Crippen LogP contribution >= 0.6 is 0 Å². The second-order valence-electron chi connectivity index (χ2n) is 12.7. The lowest BCUT2D eigenvalue weighted by Crippen LogP contribution is -2.75. The zero-order valence-electron chi connectivity index (χ0n) is 25.6. The van der Waals surface area contributed by atoms with Gasteiger partial charge >= 0.3 is 12.1 Å². The van der Waals surface area contributed by atoms with Crippen LogP contribution in [-0.4, -0.2) is 73.6 Å². The second-order valence-corrected chi connectivity index (χ2v) is 14.3. The van der Waals surface area contributed by atoms with Crippen molar-refractivity contribution in [2.24, 2.45) is 0 Å². The fourth-order valence-corrected chi connectivity index (χ4v) is 7.63. The highest BCUT2D eigenvalue weighted by atomic mass is 32.2. The van der Waals surface area contributed by atoms with Gasteiger partial charge in [0.2, 0.25) is 11.3 Å². The van der Waals surface area contributed by atoms with Crippen molar-refractivity contribution >= 4 is 35.1 Å². The number of esters is 1. The number of hydrogen-bond donors (Lipinski definition) is 1. The lowest BCUT2D eigenvalue weighted by molar-refractivity contribution is -0.154. The first kappa shape index (κ1) is 30.9. The van der Waals surface area contributed by atoms with Gasteiger partial charge < -0.3 is 24.2 Å². The Morgan fingerprint density at radius 1 is 1.02 bits per heavy atom. The molecule has 3 fully saturated rings. The molecule has 1 aliphatic carbocycles. The molecule has 2 aromatic rings. The predicted octanol–water partition coefficient (Wildman–Crippen LogP) is 4.11. The van der Waals surface area contributed by atoms with Crippen LogP contribution in [0.15, 0.2) is 83.6 Å². The van der Waals surface area contributed by atoms with Crippen molar-refractivity contribution in [3.8, 4) is 0 Å². The van der Waals surface area contributed by atoms with Gasteiger partial charge in [0.05, 0.1) is 0 Å². The lowest BCUT2D eigenvalue weighted by Gasteiger charge is -2.49. The van der Waals surface area contributed by atoms with Crippen LogP contribution in [0.25, 0.3) is 0 Å². The number of benzene rings is 2. The topological polar surface area (TPSA) is 128 Å². The quantitative estimate of drug-likeness (QED) is 0.211. The lowest BCUT2D eigenvalue weighted by atomic mass is 9.97. The Labute approximate surface area is 265 Å². The molecule has 2 saturated heterocycles. The van der Waals surface area contributed by atoms with Gasteiger partial charge in [0.25, 0.3) is 5.91 Å². The van der Waals surface area contributed by atoms with Crippen LogP contribution in [-0.2, 0) is 35.0 Å². The van der Waals surface area contributed by atoms with Crippen LogP contribution in [0.2, 0.25) is 0 Å². The molecule has 236 valence electrons. The van der Waals surface area contributed by atoms with Gasteiger partial charge in [0.15, 0.2) is 12.1 Å². The Hall–Kier alpha value is -4.09. The SMILES string of the molecule is CC(C)(C)OC(=O)N[C@@H]1C(=O)N2C(C(=O)OC(c3ccccc3)c3ccccc3)=C(/C=C3\CCCN(C4CC4)C3=O)C[S+]([O-])[C@H]12. The summed E-state index contributed by atoms with van der Waals surface area (Å²) in [5.41, 5.74) is 1.42. The summed E-state index contributed by atoms with van der Waals surface area (Å²) < 4.78 is 25.1. The van der Waals surface area contributed by atoms with Crippen molar-refractivity contribution in [1.29, 1.82) is 0 Å². The number of fused-ring (bicyclic) bond motifs is 1. The van der Waals surface area contributed by atoms with E-state index in [9.17, 15) is 23.7 Å². The third-order valence-electron chi connectivity index (χ3n) is 8.17. The van der Waals surface area contributed by atoms with Gasteiger partial charge in [-0.1, -0.05) is 60.7 Å². The first-order valence-electron chi connectivity index (χ1n) is 15.3. The normalized spacial score (nSPS) is 24.4. The molecule has 4 aliphatic rings. The minimum absolute atomic E-state index is 0.0625. The smallest absolute Gasteiger partial charge is 0.408 e. The zero-order chi connectivity index (χ0) is 31.9. The maximum absolute atomic E-state index is 14.2. The van der Waals surface area contributed by atoms with Crippen molar-refractivity contribution in [2.45, 2.75) is 75.6 Å². The highest BCUT2D eigenvalue weighted by Gasteiger charge is 2.61. The molecule has 6 rings (SSSR count). The molecule has 2 aromatic carbocycles. The standard InChI is InChI=1S/C34H37N3O7S/c1-34(2,3)44-33(41)35-26-30(39)37-27(32(40)43-28(21-11-6-4-7-12-21)22-13-8-5-9-14-22)24(20-45(42)31(26)37)19-23-15-10-18-36(29(23)38)25-16-17-25/h4-9,11-14,19,25-26,28,31H,10,15-18,20H2,1-3H3,(H,35,41)/b23-19+/t26-,31-,45?/m1/s1. The Morgan fingerprint density at radius 3 is 2.22 bits per heavy atom. The van der Waals surface area contributed by atoms with Gasteiger partial charge in [0, 0.05) is 23.7 Å². The summed E-state index contributed by atoms with van der Waals surface area (Å²) in [5, 5.41) is 1.54. The maximum Gasteiger partial charge on any atom is 0.408 e. The van der Waals surface area contributed by atoms with Crippen molar-refractivity contribution in [3.63, 3.8) is 0 Å². The first-order chi connectivity index (χ1) is 21.5. The molecule has 1 saturated carbocycles. The number of ether oxygens (including phenoxy) is 2. The largest absolute Gasteiger partial charge is 0.614 e. The number of piperidine rings is 1. The van der Waals surface area contributed by atoms with Gasteiger partial charge in [-0.2, -0.15) is 0 Å². The first-order valence-corrected chi connectivity index (χ1v) is 16.7. The summed E-state index contributed by atoms with van der Waals surface area (Å²) in [4.78, 5) is 56.8. The number of hydrogen-bond acceptors (Lipinski definition) is 7. The number of allylic oxidation sites excluding steroid dienone is 1. The monoisotopic (exact) mass is 631 g/mol. The summed E-state index contributed by atoms with van der Waals surface area (Å²) in [6.45, 7) is 5.78. The Kier molecular flexibility index (Phi) is 8.49. The van der Waals surface area contributed by atoms with Gasteiger partial charge in [0.1, 0.15) is 17.1 Å². The van der Waals surface area contributed by atoms with Crippen molar-refractivity contribution in [3.05, 3.63) is 94.7 Å². The summed E-state index contributed by atoms with van der Waals surface area (Å²) in [6.07, 6.45) is 3.25. The van der Waals surface area contributed by atoms with Crippen molar-refractivity contribution in [2.75, 3.05) is 12.3 Å². The van der Waals surface area contributed by atoms with E-state index in [2.05, 4.69) is 5.32 Å². The van der Waals surface area contributed by atoms with E-state index < -0.39 is 52.3 Å². The third-order valence-corrected chi connectivity index (χ3v) is 9.78. The van der Waals surface area contributed by atoms with Gasteiger partial charge in [-0.25, -0.2) is 9.59 Å². The molecule has 45 heavy (non-hydrogen) atoms. The molecule has 3 amide bonds. The summed E-state index contributed by atoms with van der Waals surface area (Å²) in [5.74, 6) is -1.57.